The van der Waals surface area contributed by atoms with E-state index in [9.17, 15) is 4.79 Å². The molecule has 1 aromatic heterocycles. The Bertz CT molecular complexity index is 309. The highest BCUT2D eigenvalue weighted by Gasteiger charge is 2.05. The molecule has 1 rings (SSSR count). The normalized spacial score (nSPS) is 9.83. The molecule has 0 atom stereocenters. The molecule has 0 spiro atoms. The summed E-state index contributed by atoms with van der Waals surface area (Å²) >= 11 is 0. The number of carbonyl (C=O) groups excluding carboxylic acids is 1. The zero-order valence-electron chi connectivity index (χ0n) is 7.16. The molecule has 1 aromatic rings. The molecule has 0 aromatic carbocycles. The number of aromatic nitrogens is 2. The van der Waals surface area contributed by atoms with Gasteiger partial charge in [0.05, 0.1) is 17.6 Å². The van der Waals surface area contributed by atoms with Crippen molar-refractivity contribution < 1.29 is 4.79 Å². The summed E-state index contributed by atoms with van der Waals surface area (Å²) < 4.78 is 0. The molecule has 0 bridgehead atoms. The highest BCUT2D eigenvalue weighted by Crippen LogP contribution is 2.02. The summed E-state index contributed by atoms with van der Waals surface area (Å²) in [4.78, 5) is 18.7. The van der Waals surface area contributed by atoms with Crippen molar-refractivity contribution in [2.75, 3.05) is 0 Å². The molecule has 12 heavy (non-hydrogen) atoms. The van der Waals surface area contributed by atoms with Gasteiger partial charge < -0.3 is 5.73 Å². The fourth-order valence-electron chi connectivity index (χ4n) is 0.972. The Kier molecular flexibility index (Phi) is 2.38. The minimum atomic E-state index is -0.534. The Morgan fingerprint density at radius 3 is 2.75 bits per heavy atom. The lowest BCUT2D eigenvalue weighted by Gasteiger charge is -2.01. The summed E-state index contributed by atoms with van der Waals surface area (Å²) in [7, 11) is 0. The lowest BCUT2D eigenvalue weighted by molar-refractivity contribution is 0.0995. The summed E-state index contributed by atoms with van der Waals surface area (Å²) in [5, 5.41) is 0. The summed E-state index contributed by atoms with van der Waals surface area (Å²) in [5.41, 5.74) is 6.93. The molecule has 0 saturated carbocycles. The third kappa shape index (κ3) is 1.58. The van der Waals surface area contributed by atoms with E-state index in [0.29, 0.717) is 0 Å². The van der Waals surface area contributed by atoms with Crippen molar-refractivity contribution in [1.82, 2.24) is 9.97 Å². The lowest BCUT2D eigenvalue weighted by Crippen LogP contribution is -2.14. The molecule has 4 heteroatoms. The van der Waals surface area contributed by atoms with Gasteiger partial charge in [0.1, 0.15) is 5.69 Å². The minimum Gasteiger partial charge on any atom is -0.364 e. The monoisotopic (exact) mass is 165 g/mol. The summed E-state index contributed by atoms with van der Waals surface area (Å²) in [5.74, 6) is -0.534. The van der Waals surface area contributed by atoms with Crippen molar-refractivity contribution >= 4 is 5.91 Å². The quantitative estimate of drug-likeness (QED) is 0.691. The van der Waals surface area contributed by atoms with Gasteiger partial charge in [-0.2, -0.15) is 0 Å². The minimum absolute atomic E-state index is 0.227. The maximum atomic E-state index is 10.7. The number of nitrogens with zero attached hydrogens (tertiary/aromatic N) is 2. The van der Waals surface area contributed by atoms with Gasteiger partial charge in [-0.15, -0.1) is 0 Å². The van der Waals surface area contributed by atoms with E-state index in [0.717, 1.165) is 17.8 Å². The molecule has 0 radical (unpaired) electrons. The Hall–Kier alpha value is -1.45. The Morgan fingerprint density at radius 2 is 2.33 bits per heavy atom. The number of rotatable bonds is 2. The SMILES string of the molecule is CCc1ncc(C(N)=O)nc1C. The second-order valence-corrected chi connectivity index (χ2v) is 2.51. The van der Waals surface area contributed by atoms with Gasteiger partial charge in [-0.1, -0.05) is 6.92 Å². The molecule has 0 aliphatic rings. The summed E-state index contributed by atoms with van der Waals surface area (Å²) in [6.45, 7) is 3.80. The van der Waals surface area contributed by atoms with Gasteiger partial charge in [-0.25, -0.2) is 4.98 Å². The Labute approximate surface area is 70.8 Å². The topological polar surface area (TPSA) is 68.9 Å². The van der Waals surface area contributed by atoms with Crippen LogP contribution < -0.4 is 5.73 Å². The van der Waals surface area contributed by atoms with Gasteiger partial charge in [0.15, 0.2) is 0 Å². The van der Waals surface area contributed by atoms with Crippen LogP contribution in [0.15, 0.2) is 6.20 Å². The van der Waals surface area contributed by atoms with E-state index in [1.807, 2.05) is 13.8 Å². The second kappa shape index (κ2) is 3.30. The first kappa shape index (κ1) is 8.64. The first-order valence-corrected chi connectivity index (χ1v) is 3.77. The molecule has 0 fully saturated rings. The van der Waals surface area contributed by atoms with Gasteiger partial charge in [0, 0.05) is 0 Å². The standard InChI is InChI=1S/C8H11N3O/c1-3-6-5(2)11-7(4-10-6)8(9)12/h4H,3H2,1-2H3,(H2,9,12). The first-order valence-electron chi connectivity index (χ1n) is 3.77. The molecular weight excluding hydrogens is 154 g/mol. The number of nitrogens with two attached hydrogens (primary N) is 1. The Morgan fingerprint density at radius 1 is 1.67 bits per heavy atom. The Balaban J connectivity index is 3.10. The van der Waals surface area contributed by atoms with Gasteiger partial charge in [-0.3, -0.25) is 9.78 Å². The number of amides is 1. The highest BCUT2D eigenvalue weighted by molar-refractivity contribution is 5.90. The average molecular weight is 165 g/mol. The van der Waals surface area contributed by atoms with Gasteiger partial charge >= 0.3 is 0 Å². The van der Waals surface area contributed by atoms with Crippen LogP contribution in [-0.2, 0) is 6.42 Å². The number of carbonyl (C=O) groups is 1. The third-order valence-corrected chi connectivity index (χ3v) is 1.64. The van der Waals surface area contributed by atoms with Crippen molar-refractivity contribution in [1.29, 1.82) is 0 Å². The largest absolute Gasteiger partial charge is 0.364 e. The van der Waals surface area contributed by atoms with Gasteiger partial charge in [0.2, 0.25) is 0 Å². The molecule has 2 N–H and O–H groups in total. The van der Waals surface area contributed by atoms with E-state index < -0.39 is 5.91 Å². The highest BCUT2D eigenvalue weighted by atomic mass is 16.1. The molecule has 1 amide bonds. The van der Waals surface area contributed by atoms with Crippen LogP contribution in [0.4, 0.5) is 0 Å². The van der Waals surface area contributed by atoms with Gasteiger partial charge in [0.25, 0.3) is 5.91 Å². The predicted octanol–water partition coefficient (Wildman–Crippen LogP) is 0.446. The smallest absolute Gasteiger partial charge is 0.268 e. The van der Waals surface area contributed by atoms with Crippen LogP contribution in [0, 0.1) is 6.92 Å². The van der Waals surface area contributed by atoms with E-state index in [4.69, 9.17) is 5.73 Å². The number of hydrogen-bond donors (Lipinski definition) is 1. The van der Waals surface area contributed by atoms with E-state index in [-0.39, 0.29) is 5.69 Å². The molecule has 0 aliphatic heterocycles. The molecule has 64 valence electrons. The van der Waals surface area contributed by atoms with E-state index in [1.54, 1.807) is 0 Å². The van der Waals surface area contributed by atoms with E-state index in [1.165, 1.54) is 6.20 Å². The molecular formula is C8H11N3O. The van der Waals surface area contributed by atoms with E-state index >= 15 is 0 Å². The second-order valence-electron chi connectivity index (χ2n) is 2.51. The number of primary amides is 1. The maximum Gasteiger partial charge on any atom is 0.268 e. The van der Waals surface area contributed by atoms with Crippen LogP contribution in [0.25, 0.3) is 0 Å². The fraction of sp³-hybridized carbons (Fsp3) is 0.375. The number of aryl methyl sites for hydroxylation is 2. The zero-order valence-corrected chi connectivity index (χ0v) is 7.16. The lowest BCUT2D eigenvalue weighted by atomic mass is 10.2. The van der Waals surface area contributed by atoms with Crippen molar-refractivity contribution in [3.63, 3.8) is 0 Å². The van der Waals surface area contributed by atoms with E-state index in [2.05, 4.69) is 9.97 Å². The average Bonchev–Trinajstić information content (AvgIpc) is 2.04. The predicted molar refractivity (Wildman–Crippen MR) is 44.7 cm³/mol. The van der Waals surface area contributed by atoms with Crippen LogP contribution in [0.2, 0.25) is 0 Å². The zero-order chi connectivity index (χ0) is 9.14. The molecule has 0 unspecified atom stereocenters. The van der Waals surface area contributed by atoms with Gasteiger partial charge in [-0.05, 0) is 13.3 Å². The van der Waals surface area contributed by atoms with Crippen LogP contribution in [0.3, 0.4) is 0 Å². The van der Waals surface area contributed by atoms with Crippen LogP contribution in [-0.4, -0.2) is 15.9 Å². The molecule has 0 saturated heterocycles. The summed E-state index contributed by atoms with van der Waals surface area (Å²) in [6, 6.07) is 0. The van der Waals surface area contributed by atoms with Crippen molar-refractivity contribution in [2.24, 2.45) is 5.73 Å². The maximum absolute atomic E-state index is 10.7. The first-order chi connectivity index (χ1) is 5.65. The summed E-state index contributed by atoms with van der Waals surface area (Å²) in [6.07, 6.45) is 2.23. The molecule has 1 heterocycles. The van der Waals surface area contributed by atoms with Crippen molar-refractivity contribution in [2.45, 2.75) is 20.3 Å². The van der Waals surface area contributed by atoms with Crippen LogP contribution >= 0.6 is 0 Å². The molecule has 0 aliphatic carbocycles. The van der Waals surface area contributed by atoms with Crippen LogP contribution in [0.1, 0.15) is 28.8 Å². The van der Waals surface area contributed by atoms with Crippen LogP contribution in [0.5, 0.6) is 0 Å². The number of hydrogen-bond acceptors (Lipinski definition) is 3. The fourth-order valence-corrected chi connectivity index (χ4v) is 0.972. The van der Waals surface area contributed by atoms with Crippen molar-refractivity contribution in [3.8, 4) is 0 Å². The molecule has 4 nitrogen and oxygen atoms in total. The third-order valence-electron chi connectivity index (χ3n) is 1.64. The van der Waals surface area contributed by atoms with Crippen molar-refractivity contribution in [3.05, 3.63) is 23.3 Å².